The predicted molar refractivity (Wildman–Crippen MR) is 57.3 cm³/mol. The van der Waals surface area contributed by atoms with Gasteiger partial charge in [-0.25, -0.2) is 0 Å². The first-order valence-corrected chi connectivity index (χ1v) is 5.69. The van der Waals surface area contributed by atoms with Crippen LogP contribution in [0.25, 0.3) is 0 Å². The van der Waals surface area contributed by atoms with Gasteiger partial charge in [-0.1, -0.05) is 12.0 Å². The van der Waals surface area contributed by atoms with E-state index in [0.717, 1.165) is 4.90 Å². The summed E-state index contributed by atoms with van der Waals surface area (Å²) in [5, 5.41) is 7.22. The van der Waals surface area contributed by atoms with Gasteiger partial charge in [0.15, 0.2) is 0 Å². The molecule has 4 nitrogen and oxygen atoms in total. The van der Waals surface area contributed by atoms with Crippen molar-refractivity contribution in [3.8, 4) is 0 Å². The Bertz CT molecular complexity index is 342. The Hall–Kier alpha value is -0.980. The van der Waals surface area contributed by atoms with Crippen molar-refractivity contribution in [2.24, 2.45) is 0 Å². The van der Waals surface area contributed by atoms with E-state index in [9.17, 15) is 13.2 Å². The topological polar surface area (TPSA) is 42.2 Å². The van der Waals surface area contributed by atoms with E-state index in [1.807, 2.05) is 0 Å². The minimum Gasteiger partial charge on any atom is -0.408 e. The molecule has 1 aromatic rings. The first-order valence-electron chi connectivity index (χ1n) is 5.16. The molecule has 8 heteroatoms. The van der Waals surface area contributed by atoms with Gasteiger partial charge in [-0.15, -0.1) is 16.7 Å². The molecule has 0 bridgehead atoms. The smallest absolute Gasteiger partial charge is 0.406 e. The molecule has 1 aromatic heterocycles. The van der Waals surface area contributed by atoms with Crippen molar-refractivity contribution in [3.63, 3.8) is 0 Å². The van der Waals surface area contributed by atoms with Gasteiger partial charge < -0.3 is 9.32 Å². The Morgan fingerprint density at radius 2 is 2.06 bits per heavy atom. The molecular weight excluding hydrogens is 259 g/mol. The number of rotatable bonds is 6. The summed E-state index contributed by atoms with van der Waals surface area (Å²) in [6, 6.07) is -0.107. The van der Waals surface area contributed by atoms with E-state index in [1.165, 1.54) is 0 Å². The zero-order valence-corrected chi connectivity index (χ0v) is 10.1. The third kappa shape index (κ3) is 4.80. The molecule has 0 aromatic carbocycles. The average Bonchev–Trinajstić information content (AvgIpc) is 2.64. The van der Waals surface area contributed by atoms with Crippen LogP contribution in [-0.2, 0) is 6.42 Å². The first kappa shape index (κ1) is 14.1. The van der Waals surface area contributed by atoms with Gasteiger partial charge in [0.05, 0.1) is 0 Å². The lowest BCUT2D eigenvalue weighted by molar-refractivity contribution is -0.120. The van der Waals surface area contributed by atoms with Gasteiger partial charge in [-0.05, 0) is 6.42 Å². The second-order valence-corrected chi connectivity index (χ2v) is 3.83. The molecule has 0 aliphatic rings. The number of nitrogens with zero attached hydrogens (tertiary/aromatic N) is 3. The lowest BCUT2D eigenvalue weighted by Crippen LogP contribution is -2.35. The fourth-order valence-corrected chi connectivity index (χ4v) is 1.44. The maximum Gasteiger partial charge on any atom is 0.406 e. The Morgan fingerprint density at radius 1 is 1.35 bits per heavy atom. The molecule has 1 rings (SSSR count). The zero-order valence-electron chi connectivity index (χ0n) is 9.30. The van der Waals surface area contributed by atoms with Gasteiger partial charge in [0.25, 0.3) is 0 Å². The van der Waals surface area contributed by atoms with Crippen LogP contribution in [0.3, 0.4) is 0 Å². The summed E-state index contributed by atoms with van der Waals surface area (Å²) in [5.41, 5.74) is 0. The van der Waals surface area contributed by atoms with E-state index in [0.29, 0.717) is 12.8 Å². The summed E-state index contributed by atoms with van der Waals surface area (Å²) in [6.07, 6.45) is -3.39. The second-order valence-electron chi connectivity index (χ2n) is 3.45. The summed E-state index contributed by atoms with van der Waals surface area (Å²) in [4.78, 5) is 1.02. The Labute approximate surface area is 102 Å². The van der Waals surface area contributed by atoms with Crippen LogP contribution in [0.4, 0.5) is 19.2 Å². The number of anilines is 1. The standard InChI is InChI=1S/C9H13ClF3N3O/c1-2-5-16(6-9(11,12)13)8-15-14-7(17-8)3-4-10/h2-6H2,1H3. The lowest BCUT2D eigenvalue weighted by Gasteiger charge is -2.20. The number of aryl methyl sites for hydroxylation is 1. The first-order chi connectivity index (χ1) is 7.96. The van der Waals surface area contributed by atoms with Gasteiger partial charge in [0.2, 0.25) is 5.89 Å². The van der Waals surface area contributed by atoms with Crippen molar-refractivity contribution in [3.05, 3.63) is 5.89 Å². The third-order valence-corrected chi connectivity index (χ3v) is 2.09. The van der Waals surface area contributed by atoms with Crippen molar-refractivity contribution in [2.45, 2.75) is 25.9 Å². The van der Waals surface area contributed by atoms with Crippen LogP contribution in [0.5, 0.6) is 0 Å². The molecule has 0 amide bonds. The molecule has 0 aliphatic carbocycles. The van der Waals surface area contributed by atoms with Crippen molar-refractivity contribution >= 4 is 17.6 Å². The van der Waals surface area contributed by atoms with Gasteiger partial charge in [-0.2, -0.15) is 13.2 Å². The van der Waals surface area contributed by atoms with Crippen molar-refractivity contribution < 1.29 is 17.6 Å². The Morgan fingerprint density at radius 3 is 2.59 bits per heavy atom. The van der Waals surface area contributed by atoms with Gasteiger partial charge in [-0.3, -0.25) is 0 Å². The summed E-state index contributed by atoms with van der Waals surface area (Å²) >= 11 is 5.47. The molecule has 0 saturated heterocycles. The average molecular weight is 272 g/mol. The molecule has 17 heavy (non-hydrogen) atoms. The molecule has 0 saturated carbocycles. The minimum atomic E-state index is -4.30. The summed E-state index contributed by atoms with van der Waals surface area (Å²) in [6.45, 7) is 0.894. The summed E-state index contributed by atoms with van der Waals surface area (Å²) in [5.74, 6) is 0.535. The monoisotopic (exact) mass is 271 g/mol. The second kappa shape index (κ2) is 6.09. The fourth-order valence-electron chi connectivity index (χ4n) is 1.28. The number of hydrogen-bond donors (Lipinski definition) is 0. The van der Waals surface area contributed by atoms with Crippen LogP contribution < -0.4 is 4.90 Å². The van der Waals surface area contributed by atoms with E-state index in [1.54, 1.807) is 6.92 Å². The van der Waals surface area contributed by atoms with Gasteiger partial charge in [0.1, 0.15) is 6.54 Å². The van der Waals surface area contributed by atoms with Crippen LogP contribution in [0.1, 0.15) is 19.2 Å². The van der Waals surface area contributed by atoms with Crippen LogP contribution in [0.2, 0.25) is 0 Å². The van der Waals surface area contributed by atoms with Crippen molar-refractivity contribution in [1.82, 2.24) is 10.2 Å². The normalized spacial score (nSPS) is 11.8. The van der Waals surface area contributed by atoms with E-state index in [2.05, 4.69) is 10.2 Å². The molecular formula is C9H13ClF3N3O. The molecule has 0 radical (unpaired) electrons. The highest BCUT2D eigenvalue weighted by atomic mass is 35.5. The van der Waals surface area contributed by atoms with E-state index >= 15 is 0 Å². The highest BCUT2D eigenvalue weighted by Crippen LogP contribution is 2.21. The Kier molecular flexibility index (Phi) is 5.04. The minimum absolute atomic E-state index is 0.107. The largest absolute Gasteiger partial charge is 0.408 e. The molecule has 0 aliphatic heterocycles. The molecule has 0 fully saturated rings. The molecule has 0 unspecified atom stereocenters. The summed E-state index contributed by atoms with van der Waals surface area (Å²) in [7, 11) is 0. The van der Waals surface area contributed by atoms with Crippen molar-refractivity contribution in [2.75, 3.05) is 23.9 Å². The zero-order chi connectivity index (χ0) is 12.9. The van der Waals surface area contributed by atoms with Crippen LogP contribution in [0.15, 0.2) is 4.42 Å². The molecule has 1 heterocycles. The van der Waals surface area contributed by atoms with Crippen LogP contribution in [-0.4, -0.2) is 35.3 Å². The molecule has 0 spiro atoms. The SMILES string of the molecule is CCCN(CC(F)(F)F)c1nnc(CCCl)o1. The van der Waals surface area contributed by atoms with E-state index in [4.69, 9.17) is 16.0 Å². The number of alkyl halides is 4. The van der Waals surface area contributed by atoms with Gasteiger partial charge in [0, 0.05) is 18.8 Å². The summed E-state index contributed by atoms with van der Waals surface area (Å²) < 4.78 is 42.1. The number of aromatic nitrogens is 2. The molecule has 0 N–H and O–H groups in total. The molecule has 0 atom stereocenters. The van der Waals surface area contributed by atoms with E-state index < -0.39 is 12.7 Å². The third-order valence-electron chi connectivity index (χ3n) is 1.90. The lowest BCUT2D eigenvalue weighted by atomic mass is 10.4. The Balaban J connectivity index is 2.74. The van der Waals surface area contributed by atoms with Gasteiger partial charge >= 0.3 is 12.2 Å². The maximum atomic E-state index is 12.3. The van der Waals surface area contributed by atoms with Crippen LogP contribution in [0, 0.1) is 0 Å². The highest BCUT2D eigenvalue weighted by Gasteiger charge is 2.32. The quantitative estimate of drug-likeness (QED) is 0.746. The predicted octanol–water partition coefficient (Wildman–Crippen LogP) is 2.63. The highest BCUT2D eigenvalue weighted by molar-refractivity contribution is 6.17. The van der Waals surface area contributed by atoms with E-state index in [-0.39, 0.29) is 24.3 Å². The van der Waals surface area contributed by atoms with Crippen LogP contribution >= 0.6 is 11.6 Å². The maximum absolute atomic E-state index is 12.3. The molecule has 98 valence electrons. The number of halogens is 4. The van der Waals surface area contributed by atoms with Crippen molar-refractivity contribution in [1.29, 1.82) is 0 Å². The number of hydrogen-bond acceptors (Lipinski definition) is 4. The fraction of sp³-hybridized carbons (Fsp3) is 0.778.